The van der Waals surface area contributed by atoms with Crippen LogP contribution < -0.4 is 4.74 Å². The van der Waals surface area contributed by atoms with Crippen molar-refractivity contribution in [1.29, 1.82) is 0 Å². The van der Waals surface area contributed by atoms with E-state index >= 15 is 0 Å². The summed E-state index contributed by atoms with van der Waals surface area (Å²) >= 11 is 12.0. The minimum atomic E-state index is -0.886. The number of aliphatic carboxylic acids is 1. The van der Waals surface area contributed by atoms with Gasteiger partial charge in [-0.15, -0.1) is 0 Å². The second kappa shape index (κ2) is 8.34. The van der Waals surface area contributed by atoms with E-state index in [2.05, 4.69) is 4.98 Å². The maximum atomic E-state index is 11.5. The first-order valence-electron chi connectivity index (χ1n) is 9.25. The van der Waals surface area contributed by atoms with Crippen LogP contribution in [0.4, 0.5) is 0 Å². The topological polar surface area (TPSA) is 59.4 Å². The maximum absolute atomic E-state index is 11.5. The van der Waals surface area contributed by atoms with Gasteiger partial charge in [0.2, 0.25) is 5.88 Å². The standard InChI is InChI=1S/C24H17Cl2NO3/c1-14-12-21-19(10-11-22(27-21)30-18-8-6-17(26)7-9-18)24(20(14)13-23(28)29)15-2-4-16(25)5-3-15/h2-12H,13H2,1H3,(H,28,29). The van der Waals surface area contributed by atoms with E-state index < -0.39 is 5.97 Å². The van der Waals surface area contributed by atoms with Crippen molar-refractivity contribution in [2.45, 2.75) is 13.3 Å². The lowest BCUT2D eigenvalue weighted by atomic mass is 9.90. The fourth-order valence-electron chi connectivity index (χ4n) is 3.44. The van der Waals surface area contributed by atoms with Crippen LogP contribution in [0.1, 0.15) is 11.1 Å². The Labute approximate surface area is 183 Å². The van der Waals surface area contributed by atoms with E-state index in [4.69, 9.17) is 27.9 Å². The Balaban J connectivity index is 1.86. The number of hydrogen-bond donors (Lipinski definition) is 1. The molecule has 0 atom stereocenters. The van der Waals surface area contributed by atoms with Crippen LogP contribution in [0.5, 0.6) is 11.6 Å². The number of hydrogen-bond acceptors (Lipinski definition) is 3. The van der Waals surface area contributed by atoms with E-state index in [1.54, 1.807) is 42.5 Å². The van der Waals surface area contributed by atoms with Gasteiger partial charge in [0.25, 0.3) is 0 Å². The van der Waals surface area contributed by atoms with Crippen LogP contribution in [0.25, 0.3) is 22.0 Å². The Bertz CT molecular complexity index is 1240. The molecule has 4 rings (SSSR count). The smallest absolute Gasteiger partial charge is 0.307 e. The summed E-state index contributed by atoms with van der Waals surface area (Å²) in [6, 6.07) is 20.0. The minimum absolute atomic E-state index is 0.0806. The molecule has 150 valence electrons. The second-order valence-corrected chi connectivity index (χ2v) is 7.77. The molecule has 1 N–H and O–H groups in total. The van der Waals surface area contributed by atoms with Gasteiger partial charge >= 0.3 is 5.97 Å². The second-order valence-electron chi connectivity index (χ2n) is 6.90. The Hall–Kier alpha value is -3.08. The summed E-state index contributed by atoms with van der Waals surface area (Å²) < 4.78 is 5.86. The Morgan fingerprint density at radius 1 is 0.967 bits per heavy atom. The van der Waals surface area contributed by atoms with Crippen LogP contribution in [-0.2, 0) is 11.2 Å². The molecular weight excluding hydrogens is 421 g/mol. The fourth-order valence-corrected chi connectivity index (χ4v) is 3.69. The van der Waals surface area contributed by atoms with Gasteiger partial charge in [-0.1, -0.05) is 35.3 Å². The molecule has 6 heteroatoms. The summed E-state index contributed by atoms with van der Waals surface area (Å²) in [6.45, 7) is 1.89. The molecule has 0 saturated carbocycles. The van der Waals surface area contributed by atoms with E-state index in [1.165, 1.54) is 0 Å². The molecule has 4 aromatic rings. The molecule has 0 fully saturated rings. The quantitative estimate of drug-likeness (QED) is 0.367. The summed E-state index contributed by atoms with van der Waals surface area (Å²) in [5.41, 5.74) is 4.06. The molecule has 30 heavy (non-hydrogen) atoms. The zero-order valence-electron chi connectivity index (χ0n) is 16.0. The van der Waals surface area contributed by atoms with E-state index in [1.807, 2.05) is 31.2 Å². The Kier molecular flexibility index (Phi) is 5.62. The molecule has 0 saturated heterocycles. The van der Waals surface area contributed by atoms with Gasteiger partial charge in [-0.2, -0.15) is 0 Å². The summed E-state index contributed by atoms with van der Waals surface area (Å²) in [5, 5.41) is 11.5. The third-order valence-electron chi connectivity index (χ3n) is 4.80. The normalized spacial score (nSPS) is 10.9. The third kappa shape index (κ3) is 4.25. The number of aromatic nitrogens is 1. The molecular formula is C24H17Cl2NO3. The Morgan fingerprint density at radius 2 is 1.60 bits per heavy atom. The molecule has 0 aliphatic rings. The van der Waals surface area contributed by atoms with E-state index in [0.29, 0.717) is 21.7 Å². The lowest BCUT2D eigenvalue weighted by molar-refractivity contribution is -0.136. The van der Waals surface area contributed by atoms with Gasteiger partial charge in [-0.25, -0.2) is 4.98 Å². The lowest BCUT2D eigenvalue weighted by Crippen LogP contribution is -2.05. The molecule has 0 aliphatic heterocycles. The number of halogens is 2. The van der Waals surface area contributed by atoms with Crippen molar-refractivity contribution in [2.75, 3.05) is 0 Å². The van der Waals surface area contributed by atoms with Gasteiger partial charge in [0.1, 0.15) is 5.75 Å². The summed E-state index contributed by atoms with van der Waals surface area (Å²) in [5.74, 6) is 0.184. The first kappa shape index (κ1) is 20.2. The number of nitrogens with zero attached hydrogens (tertiary/aromatic N) is 1. The molecule has 0 amide bonds. The van der Waals surface area contributed by atoms with Crippen LogP contribution in [0.15, 0.2) is 66.7 Å². The Morgan fingerprint density at radius 3 is 2.23 bits per heavy atom. The molecule has 1 heterocycles. The van der Waals surface area contributed by atoms with Gasteiger partial charge in [0.15, 0.2) is 0 Å². The summed E-state index contributed by atoms with van der Waals surface area (Å²) in [6.07, 6.45) is -0.0806. The predicted molar refractivity (Wildman–Crippen MR) is 120 cm³/mol. The van der Waals surface area contributed by atoms with Crippen molar-refractivity contribution in [3.05, 3.63) is 87.9 Å². The zero-order valence-corrected chi connectivity index (χ0v) is 17.5. The minimum Gasteiger partial charge on any atom is -0.481 e. The number of carboxylic acids is 1. The molecule has 1 aromatic heterocycles. The number of fused-ring (bicyclic) bond motifs is 1. The van der Waals surface area contributed by atoms with E-state index in [9.17, 15) is 9.90 Å². The van der Waals surface area contributed by atoms with Crippen LogP contribution in [0.3, 0.4) is 0 Å². The van der Waals surface area contributed by atoms with E-state index in [0.717, 1.165) is 33.2 Å². The average Bonchev–Trinajstić information content (AvgIpc) is 2.71. The number of rotatable bonds is 5. The number of aryl methyl sites for hydroxylation is 1. The third-order valence-corrected chi connectivity index (χ3v) is 5.30. The van der Waals surface area contributed by atoms with Crippen molar-refractivity contribution < 1.29 is 14.6 Å². The monoisotopic (exact) mass is 437 g/mol. The highest BCUT2D eigenvalue weighted by Gasteiger charge is 2.17. The zero-order chi connectivity index (χ0) is 21.3. The van der Waals surface area contributed by atoms with Gasteiger partial charge < -0.3 is 9.84 Å². The first-order chi connectivity index (χ1) is 14.4. The first-order valence-corrected chi connectivity index (χ1v) is 10.0. The van der Waals surface area contributed by atoms with Crippen LogP contribution in [-0.4, -0.2) is 16.1 Å². The van der Waals surface area contributed by atoms with Gasteiger partial charge in [-0.3, -0.25) is 4.79 Å². The number of carbonyl (C=O) groups is 1. The van der Waals surface area contributed by atoms with Crippen LogP contribution in [0.2, 0.25) is 10.0 Å². The van der Waals surface area contributed by atoms with Gasteiger partial charge in [0.05, 0.1) is 11.9 Å². The van der Waals surface area contributed by atoms with Crippen molar-refractivity contribution in [3.63, 3.8) is 0 Å². The summed E-state index contributed by atoms with van der Waals surface area (Å²) in [7, 11) is 0. The SMILES string of the molecule is Cc1cc2nc(Oc3ccc(Cl)cc3)ccc2c(-c2ccc(Cl)cc2)c1CC(=O)O. The van der Waals surface area contributed by atoms with Crippen LogP contribution >= 0.6 is 23.2 Å². The highest BCUT2D eigenvalue weighted by atomic mass is 35.5. The molecule has 0 radical (unpaired) electrons. The van der Waals surface area contributed by atoms with Crippen molar-refractivity contribution in [3.8, 4) is 22.8 Å². The maximum Gasteiger partial charge on any atom is 0.307 e. The predicted octanol–water partition coefficient (Wildman–Crippen LogP) is 6.94. The molecule has 4 nitrogen and oxygen atoms in total. The molecule has 0 unspecified atom stereocenters. The van der Waals surface area contributed by atoms with Gasteiger partial charge in [-0.05, 0) is 77.7 Å². The fraction of sp³-hybridized carbons (Fsp3) is 0.0833. The van der Waals surface area contributed by atoms with Crippen molar-refractivity contribution >= 4 is 40.1 Å². The summed E-state index contributed by atoms with van der Waals surface area (Å²) in [4.78, 5) is 16.2. The van der Waals surface area contributed by atoms with E-state index in [-0.39, 0.29) is 6.42 Å². The number of pyridine rings is 1. The highest BCUT2D eigenvalue weighted by Crippen LogP contribution is 2.36. The largest absolute Gasteiger partial charge is 0.481 e. The molecule has 3 aromatic carbocycles. The van der Waals surface area contributed by atoms with Crippen molar-refractivity contribution in [2.24, 2.45) is 0 Å². The average molecular weight is 438 g/mol. The van der Waals surface area contributed by atoms with Crippen LogP contribution in [0, 0.1) is 6.92 Å². The number of carboxylic acid groups (broad SMARTS) is 1. The van der Waals surface area contributed by atoms with Crippen molar-refractivity contribution in [1.82, 2.24) is 4.98 Å². The van der Waals surface area contributed by atoms with Gasteiger partial charge in [0, 0.05) is 21.5 Å². The molecule has 0 bridgehead atoms. The highest BCUT2D eigenvalue weighted by molar-refractivity contribution is 6.30. The number of benzene rings is 3. The lowest BCUT2D eigenvalue weighted by Gasteiger charge is -2.16. The molecule has 0 aliphatic carbocycles. The number of ether oxygens (including phenoxy) is 1. The molecule has 0 spiro atoms.